The van der Waals surface area contributed by atoms with E-state index >= 15 is 0 Å². The van der Waals surface area contributed by atoms with Gasteiger partial charge in [0.25, 0.3) is 0 Å². The molecule has 100 valence electrons. The Morgan fingerprint density at radius 1 is 1.26 bits per heavy atom. The van der Waals surface area contributed by atoms with Crippen LogP contribution in [-0.4, -0.2) is 19.4 Å². The van der Waals surface area contributed by atoms with Crippen LogP contribution in [0, 0.1) is 5.41 Å². The van der Waals surface area contributed by atoms with Crippen LogP contribution in [0.1, 0.15) is 26.3 Å². The highest BCUT2D eigenvalue weighted by Gasteiger charge is 2.24. The van der Waals surface area contributed by atoms with E-state index in [0.29, 0.717) is 11.1 Å². The van der Waals surface area contributed by atoms with Crippen molar-refractivity contribution in [2.24, 2.45) is 5.41 Å². The van der Waals surface area contributed by atoms with Crippen LogP contribution in [0.2, 0.25) is 0 Å². The highest BCUT2D eigenvalue weighted by atomic mass is 16.5. The molecule has 0 aliphatic carbocycles. The Bertz CT molecular complexity index is 532. The highest BCUT2D eigenvalue weighted by Crippen LogP contribution is 2.32. The average Bonchev–Trinajstić information content (AvgIpc) is 2.44. The third-order valence-electron chi connectivity index (χ3n) is 2.81. The lowest BCUT2D eigenvalue weighted by Crippen LogP contribution is -2.15. The van der Waals surface area contributed by atoms with Crippen LogP contribution < -0.4 is 0 Å². The molecule has 0 bridgehead atoms. The van der Waals surface area contributed by atoms with E-state index in [-0.39, 0.29) is 0 Å². The number of methoxy groups -OCH3 is 1. The number of carbonyl (C=O) groups excluding carboxylic acids is 2. The molecular formula is C16H18O3. The maximum absolute atomic E-state index is 11.5. The van der Waals surface area contributed by atoms with Crippen molar-refractivity contribution in [1.29, 1.82) is 0 Å². The molecule has 3 nitrogen and oxygen atoms in total. The Labute approximate surface area is 113 Å². The van der Waals surface area contributed by atoms with Crippen LogP contribution in [0.4, 0.5) is 0 Å². The number of ether oxygens (including phenoxy) is 1. The fraction of sp³-hybridized carbons (Fsp3) is 0.312. The summed E-state index contributed by atoms with van der Waals surface area (Å²) in [6.07, 6.45) is 0.854. The second-order valence-corrected chi connectivity index (χ2v) is 4.82. The molecule has 1 rings (SSSR count). The van der Waals surface area contributed by atoms with Crippen molar-refractivity contribution in [3.8, 4) is 0 Å². The molecule has 0 aliphatic heterocycles. The van der Waals surface area contributed by atoms with Crippen molar-refractivity contribution < 1.29 is 14.3 Å². The van der Waals surface area contributed by atoms with Gasteiger partial charge in [-0.05, 0) is 26.3 Å². The molecule has 0 N–H and O–H groups in total. The normalized spacial score (nSPS) is 10.3. The number of hydrogen-bond acceptors (Lipinski definition) is 3. The minimum atomic E-state index is -0.726. The van der Waals surface area contributed by atoms with E-state index in [0.717, 1.165) is 11.8 Å². The smallest absolute Gasteiger partial charge is 0.341 e. The predicted molar refractivity (Wildman–Crippen MR) is 74.4 cm³/mol. The van der Waals surface area contributed by atoms with E-state index in [1.54, 1.807) is 20.8 Å². The lowest BCUT2D eigenvalue weighted by Gasteiger charge is -2.20. The zero-order valence-electron chi connectivity index (χ0n) is 11.7. The van der Waals surface area contributed by atoms with Gasteiger partial charge in [0.05, 0.1) is 18.1 Å². The van der Waals surface area contributed by atoms with E-state index < -0.39 is 11.4 Å². The van der Waals surface area contributed by atoms with Gasteiger partial charge in [-0.1, -0.05) is 30.3 Å². The first kappa shape index (κ1) is 14.9. The number of rotatable bonds is 4. The van der Waals surface area contributed by atoms with Gasteiger partial charge in [0.1, 0.15) is 6.29 Å². The second kappa shape index (κ2) is 6.17. The van der Waals surface area contributed by atoms with Gasteiger partial charge >= 0.3 is 5.97 Å². The summed E-state index contributed by atoms with van der Waals surface area (Å²) in [5.41, 5.74) is 4.16. The van der Waals surface area contributed by atoms with Crippen LogP contribution >= 0.6 is 0 Å². The first-order valence-corrected chi connectivity index (χ1v) is 6.00. The molecule has 1 aromatic carbocycles. The van der Waals surface area contributed by atoms with Crippen molar-refractivity contribution in [3.05, 3.63) is 47.2 Å². The topological polar surface area (TPSA) is 43.4 Å². The monoisotopic (exact) mass is 258 g/mol. The Hall–Kier alpha value is -2.12. The fourth-order valence-electron chi connectivity index (χ4n) is 1.66. The van der Waals surface area contributed by atoms with E-state index in [2.05, 4.69) is 10.5 Å². The van der Waals surface area contributed by atoms with Crippen molar-refractivity contribution in [2.45, 2.75) is 20.8 Å². The third-order valence-corrected chi connectivity index (χ3v) is 2.81. The zero-order chi connectivity index (χ0) is 14.5. The maximum atomic E-state index is 11.5. The quantitative estimate of drug-likeness (QED) is 0.361. The summed E-state index contributed by atoms with van der Waals surface area (Å²) in [5, 5.41) is 0. The molecule has 0 radical (unpaired) electrons. The fourth-order valence-corrected chi connectivity index (χ4v) is 1.66. The molecule has 0 unspecified atom stereocenters. The van der Waals surface area contributed by atoms with Crippen LogP contribution in [0.25, 0.3) is 5.57 Å². The van der Waals surface area contributed by atoms with Gasteiger partial charge in [0.2, 0.25) is 0 Å². The third kappa shape index (κ3) is 3.67. The summed E-state index contributed by atoms with van der Waals surface area (Å²) >= 11 is 0. The van der Waals surface area contributed by atoms with Crippen LogP contribution in [0.3, 0.4) is 0 Å². The molecule has 1 aromatic rings. The van der Waals surface area contributed by atoms with E-state index in [4.69, 9.17) is 0 Å². The van der Waals surface area contributed by atoms with E-state index in [9.17, 15) is 9.59 Å². The van der Waals surface area contributed by atoms with Gasteiger partial charge in [0.15, 0.2) is 0 Å². The minimum absolute atomic E-state index is 0.344. The Kier molecular flexibility index (Phi) is 4.85. The summed E-state index contributed by atoms with van der Waals surface area (Å²) in [6, 6.07) is 9.43. The molecule has 19 heavy (non-hydrogen) atoms. The van der Waals surface area contributed by atoms with Gasteiger partial charge in [-0.25, -0.2) is 4.79 Å². The SMILES string of the molecule is COC(=O)C(C)=C=C(c1ccccc1)C(C)(C)C=O. The number of esters is 1. The number of hydrogen-bond donors (Lipinski definition) is 0. The molecule has 0 saturated heterocycles. The van der Waals surface area contributed by atoms with E-state index in [1.807, 2.05) is 30.3 Å². The van der Waals surface area contributed by atoms with Crippen LogP contribution in [-0.2, 0) is 14.3 Å². The van der Waals surface area contributed by atoms with Crippen LogP contribution in [0.15, 0.2) is 41.6 Å². The van der Waals surface area contributed by atoms with Gasteiger partial charge in [-0.3, -0.25) is 0 Å². The van der Waals surface area contributed by atoms with Gasteiger partial charge in [-0.15, -0.1) is 5.73 Å². The summed E-state index contributed by atoms with van der Waals surface area (Å²) in [5.74, 6) is -0.449. The number of benzene rings is 1. The minimum Gasteiger partial charge on any atom is -0.465 e. The summed E-state index contributed by atoms with van der Waals surface area (Å²) in [6.45, 7) is 5.20. The average molecular weight is 258 g/mol. The summed E-state index contributed by atoms with van der Waals surface area (Å²) < 4.78 is 4.65. The second-order valence-electron chi connectivity index (χ2n) is 4.82. The van der Waals surface area contributed by atoms with Crippen molar-refractivity contribution in [2.75, 3.05) is 7.11 Å². The first-order valence-electron chi connectivity index (χ1n) is 6.00. The first-order chi connectivity index (χ1) is 8.92. The largest absolute Gasteiger partial charge is 0.465 e. The Balaban J connectivity index is 3.50. The van der Waals surface area contributed by atoms with Crippen molar-refractivity contribution >= 4 is 17.8 Å². The molecule has 3 heteroatoms. The molecule has 0 heterocycles. The molecule has 0 fully saturated rings. The summed E-state index contributed by atoms with van der Waals surface area (Å²) in [4.78, 5) is 22.7. The van der Waals surface area contributed by atoms with Gasteiger partial charge in [0, 0.05) is 5.57 Å². The molecule has 0 saturated carbocycles. The zero-order valence-corrected chi connectivity index (χ0v) is 11.7. The maximum Gasteiger partial charge on any atom is 0.341 e. The number of carbonyl (C=O) groups is 2. The lowest BCUT2D eigenvalue weighted by molar-refractivity contribution is -0.136. The van der Waals surface area contributed by atoms with Crippen molar-refractivity contribution in [1.82, 2.24) is 0 Å². The molecule has 0 aliphatic rings. The molecule has 0 aromatic heterocycles. The number of aldehydes is 1. The molecular weight excluding hydrogens is 240 g/mol. The van der Waals surface area contributed by atoms with Gasteiger partial charge < -0.3 is 9.53 Å². The molecule has 0 spiro atoms. The molecule has 0 amide bonds. The lowest BCUT2D eigenvalue weighted by atomic mass is 9.82. The standard InChI is InChI=1S/C16H18O3/c1-12(15(18)19-4)10-14(16(2,3)11-17)13-8-6-5-7-9-13/h5-9,11H,1-4H3. The Morgan fingerprint density at radius 3 is 2.32 bits per heavy atom. The van der Waals surface area contributed by atoms with Crippen molar-refractivity contribution in [3.63, 3.8) is 0 Å². The predicted octanol–water partition coefficient (Wildman–Crippen LogP) is 3.01. The van der Waals surface area contributed by atoms with Gasteiger partial charge in [-0.2, -0.15) is 0 Å². The Morgan fingerprint density at radius 2 is 1.84 bits per heavy atom. The summed E-state index contributed by atoms with van der Waals surface area (Å²) in [7, 11) is 1.32. The highest BCUT2D eigenvalue weighted by molar-refractivity contribution is 5.91. The molecule has 0 atom stereocenters. The van der Waals surface area contributed by atoms with Crippen LogP contribution in [0.5, 0.6) is 0 Å². The van der Waals surface area contributed by atoms with E-state index in [1.165, 1.54) is 7.11 Å².